The Morgan fingerprint density at radius 1 is 1.30 bits per heavy atom. The predicted molar refractivity (Wildman–Crippen MR) is 50.0 cm³/mol. The van der Waals surface area contributed by atoms with Gasteiger partial charge in [-0.05, 0) is 0 Å². The van der Waals surface area contributed by atoms with Crippen LogP contribution in [0, 0.1) is 0 Å². The summed E-state index contributed by atoms with van der Waals surface area (Å²) >= 11 is 2.01. The van der Waals surface area contributed by atoms with Crippen molar-refractivity contribution >= 4 is 23.0 Å². The molecule has 0 bridgehead atoms. The highest BCUT2D eigenvalue weighted by Crippen LogP contribution is 2.18. The Hall–Kier alpha value is 0.650. The lowest BCUT2D eigenvalue weighted by Gasteiger charge is -2.36. The summed E-state index contributed by atoms with van der Waals surface area (Å²) in [6.07, 6.45) is 2.96. The summed E-state index contributed by atoms with van der Waals surface area (Å²) in [5.74, 6) is 0. The molecule has 0 aromatic rings. The van der Waals surface area contributed by atoms with Crippen molar-refractivity contribution in [2.45, 2.75) is 18.9 Å². The fraction of sp³-hybridized carbons (Fsp3) is 1.00. The Labute approximate surface area is 76.8 Å². The molecule has 10 heavy (non-hydrogen) atoms. The average molecular weight is 256 g/mol. The standard InChI is InChI=1S/C7H15INO/c1-9(2)5-3-7(10-8)4-6-9/h7H,3-6H2,1-2H3/q+1. The number of halogens is 1. The molecule has 3 heteroatoms. The van der Waals surface area contributed by atoms with Crippen LogP contribution in [0.15, 0.2) is 0 Å². The Balaban J connectivity index is 2.31. The van der Waals surface area contributed by atoms with E-state index in [-0.39, 0.29) is 0 Å². The van der Waals surface area contributed by atoms with Crippen LogP contribution in [0.25, 0.3) is 0 Å². The highest BCUT2D eigenvalue weighted by Gasteiger charge is 2.25. The van der Waals surface area contributed by atoms with E-state index in [1.54, 1.807) is 0 Å². The fourth-order valence-corrected chi connectivity index (χ4v) is 1.84. The van der Waals surface area contributed by atoms with Gasteiger partial charge in [0.05, 0.1) is 33.3 Å². The summed E-state index contributed by atoms with van der Waals surface area (Å²) in [6, 6.07) is 0. The minimum atomic E-state index is 0.520. The number of piperidine rings is 1. The highest BCUT2D eigenvalue weighted by atomic mass is 127. The third kappa shape index (κ3) is 2.36. The van der Waals surface area contributed by atoms with Gasteiger partial charge in [-0.25, -0.2) is 0 Å². The minimum Gasteiger partial charge on any atom is -0.328 e. The van der Waals surface area contributed by atoms with Gasteiger partial charge in [-0.3, -0.25) is 0 Å². The van der Waals surface area contributed by atoms with Crippen molar-refractivity contribution in [3.8, 4) is 0 Å². The molecule has 0 aliphatic carbocycles. The minimum absolute atomic E-state index is 0.520. The maximum Gasteiger partial charge on any atom is 0.110 e. The summed E-state index contributed by atoms with van der Waals surface area (Å²) < 4.78 is 6.41. The van der Waals surface area contributed by atoms with E-state index in [0.717, 1.165) is 4.48 Å². The molecule has 0 amide bonds. The Morgan fingerprint density at radius 3 is 2.20 bits per heavy atom. The van der Waals surface area contributed by atoms with Gasteiger partial charge in [0, 0.05) is 12.8 Å². The van der Waals surface area contributed by atoms with Crippen LogP contribution in [-0.2, 0) is 3.07 Å². The van der Waals surface area contributed by atoms with Gasteiger partial charge in [-0.15, -0.1) is 0 Å². The van der Waals surface area contributed by atoms with Gasteiger partial charge < -0.3 is 7.55 Å². The van der Waals surface area contributed by atoms with E-state index in [0.29, 0.717) is 6.10 Å². The monoisotopic (exact) mass is 256 g/mol. The van der Waals surface area contributed by atoms with Crippen molar-refractivity contribution in [1.82, 2.24) is 0 Å². The molecule has 1 saturated heterocycles. The topological polar surface area (TPSA) is 9.23 Å². The van der Waals surface area contributed by atoms with E-state index < -0.39 is 0 Å². The molecule has 0 N–H and O–H groups in total. The van der Waals surface area contributed by atoms with Gasteiger partial charge in [-0.2, -0.15) is 0 Å². The molecule has 0 atom stereocenters. The Morgan fingerprint density at radius 2 is 1.80 bits per heavy atom. The molecule has 1 fully saturated rings. The Bertz CT molecular complexity index is 106. The summed E-state index contributed by atoms with van der Waals surface area (Å²) in [5.41, 5.74) is 0. The largest absolute Gasteiger partial charge is 0.328 e. The van der Waals surface area contributed by atoms with Crippen molar-refractivity contribution in [3.63, 3.8) is 0 Å². The number of hydrogen-bond acceptors (Lipinski definition) is 1. The molecule has 1 aliphatic rings. The van der Waals surface area contributed by atoms with Crippen molar-refractivity contribution < 1.29 is 7.55 Å². The van der Waals surface area contributed by atoms with Gasteiger partial charge in [0.1, 0.15) is 23.0 Å². The molecule has 1 heterocycles. The molecule has 0 spiro atoms. The smallest absolute Gasteiger partial charge is 0.110 e. The lowest BCUT2D eigenvalue weighted by Crippen LogP contribution is -2.47. The van der Waals surface area contributed by atoms with E-state index in [1.165, 1.54) is 25.9 Å². The van der Waals surface area contributed by atoms with E-state index in [2.05, 4.69) is 14.1 Å². The third-order valence-electron chi connectivity index (χ3n) is 2.24. The molecule has 0 unspecified atom stereocenters. The first-order chi connectivity index (χ1) is 4.64. The first-order valence-corrected chi connectivity index (χ1v) is 4.61. The fourth-order valence-electron chi connectivity index (χ4n) is 1.33. The SMILES string of the molecule is C[N+]1(C)CCC(OI)CC1. The normalized spacial score (nSPS) is 26.7. The first kappa shape index (κ1) is 8.74. The second-order valence-corrected chi connectivity index (χ2v) is 4.18. The van der Waals surface area contributed by atoms with Crippen LogP contribution >= 0.6 is 23.0 Å². The molecule has 0 radical (unpaired) electrons. The summed E-state index contributed by atoms with van der Waals surface area (Å²) in [7, 11) is 4.56. The van der Waals surface area contributed by atoms with Gasteiger partial charge in [0.25, 0.3) is 0 Å². The Kier molecular flexibility index (Phi) is 2.94. The number of likely N-dealkylation sites (tertiary alicyclic amines) is 1. The lowest BCUT2D eigenvalue weighted by molar-refractivity contribution is -0.895. The van der Waals surface area contributed by atoms with E-state index in [1.807, 2.05) is 23.0 Å². The van der Waals surface area contributed by atoms with Crippen LogP contribution in [0.3, 0.4) is 0 Å². The van der Waals surface area contributed by atoms with Crippen LogP contribution < -0.4 is 0 Å². The van der Waals surface area contributed by atoms with Crippen molar-refractivity contribution in [2.24, 2.45) is 0 Å². The van der Waals surface area contributed by atoms with Gasteiger partial charge >= 0.3 is 0 Å². The molecule has 60 valence electrons. The zero-order valence-corrected chi connectivity index (χ0v) is 8.80. The second kappa shape index (κ2) is 3.36. The molecule has 0 aromatic heterocycles. The molecular formula is C7H15INO+. The summed E-state index contributed by atoms with van der Waals surface area (Å²) in [6.45, 7) is 2.52. The van der Waals surface area contributed by atoms with E-state index >= 15 is 0 Å². The molecular weight excluding hydrogens is 241 g/mol. The quantitative estimate of drug-likeness (QED) is 0.511. The summed E-state index contributed by atoms with van der Waals surface area (Å²) in [4.78, 5) is 0. The second-order valence-electron chi connectivity index (χ2n) is 3.67. The van der Waals surface area contributed by atoms with Crippen LogP contribution in [0.2, 0.25) is 0 Å². The van der Waals surface area contributed by atoms with Gasteiger partial charge in [0.15, 0.2) is 0 Å². The number of rotatable bonds is 1. The zero-order chi connectivity index (χ0) is 7.61. The lowest BCUT2D eigenvalue weighted by atomic mass is 10.1. The highest BCUT2D eigenvalue weighted by molar-refractivity contribution is 14.1. The maximum atomic E-state index is 5.24. The molecule has 1 aliphatic heterocycles. The van der Waals surface area contributed by atoms with Crippen LogP contribution in [0.5, 0.6) is 0 Å². The number of hydrogen-bond donors (Lipinski definition) is 0. The van der Waals surface area contributed by atoms with Crippen molar-refractivity contribution in [1.29, 1.82) is 0 Å². The predicted octanol–water partition coefficient (Wildman–Crippen LogP) is 1.59. The van der Waals surface area contributed by atoms with Gasteiger partial charge in [0.2, 0.25) is 0 Å². The van der Waals surface area contributed by atoms with Crippen LogP contribution in [-0.4, -0.2) is 37.8 Å². The van der Waals surface area contributed by atoms with E-state index in [9.17, 15) is 0 Å². The summed E-state index contributed by atoms with van der Waals surface area (Å²) in [5, 5.41) is 0. The van der Waals surface area contributed by atoms with Crippen molar-refractivity contribution in [3.05, 3.63) is 0 Å². The molecule has 0 saturated carbocycles. The number of quaternary nitrogens is 1. The average Bonchev–Trinajstić information content (AvgIpc) is 1.88. The number of nitrogens with zero attached hydrogens (tertiary/aromatic N) is 1. The van der Waals surface area contributed by atoms with Gasteiger partial charge in [-0.1, -0.05) is 0 Å². The van der Waals surface area contributed by atoms with Crippen LogP contribution in [0.1, 0.15) is 12.8 Å². The third-order valence-corrected chi connectivity index (χ3v) is 2.96. The molecule has 1 rings (SSSR count). The maximum absolute atomic E-state index is 5.24. The van der Waals surface area contributed by atoms with E-state index in [4.69, 9.17) is 3.07 Å². The van der Waals surface area contributed by atoms with Crippen LogP contribution in [0.4, 0.5) is 0 Å². The molecule has 0 aromatic carbocycles. The zero-order valence-electron chi connectivity index (χ0n) is 6.64. The first-order valence-electron chi connectivity index (χ1n) is 3.73. The molecule has 2 nitrogen and oxygen atoms in total. The van der Waals surface area contributed by atoms with Crippen molar-refractivity contribution in [2.75, 3.05) is 27.2 Å².